The zero-order chi connectivity index (χ0) is 18.1. The van der Waals surface area contributed by atoms with E-state index >= 15 is 0 Å². The SMILES string of the molecule is CCNC(=NCCC(C)C)NC(C)c1nc(C)c(C(=O)OCC)s1.I. The minimum Gasteiger partial charge on any atom is -0.462 e. The molecule has 0 aliphatic carbocycles. The van der Waals surface area contributed by atoms with Gasteiger partial charge >= 0.3 is 5.97 Å². The van der Waals surface area contributed by atoms with Gasteiger partial charge in [0, 0.05) is 13.1 Å². The van der Waals surface area contributed by atoms with Crippen molar-refractivity contribution in [1.29, 1.82) is 0 Å². The standard InChI is InChI=1S/C17H30N4O2S.HI/c1-7-18-17(19-10-9-11(3)4)21-13(6)15-20-12(5)14(24-15)16(22)23-8-2;/h11,13H,7-10H2,1-6H3,(H2,18,19,21);1H. The molecule has 0 bridgehead atoms. The predicted octanol–water partition coefficient (Wildman–Crippen LogP) is 3.91. The van der Waals surface area contributed by atoms with Crippen LogP contribution >= 0.6 is 35.3 Å². The van der Waals surface area contributed by atoms with Crippen molar-refractivity contribution in [2.24, 2.45) is 10.9 Å². The zero-order valence-electron chi connectivity index (χ0n) is 16.0. The van der Waals surface area contributed by atoms with Crippen LogP contribution in [0.15, 0.2) is 4.99 Å². The lowest BCUT2D eigenvalue weighted by molar-refractivity contribution is 0.0531. The molecular formula is C17H31IN4O2S. The number of hydrogen-bond donors (Lipinski definition) is 2. The zero-order valence-corrected chi connectivity index (χ0v) is 19.2. The van der Waals surface area contributed by atoms with Crippen LogP contribution in [0.4, 0.5) is 0 Å². The Morgan fingerprint density at radius 3 is 2.56 bits per heavy atom. The Labute approximate surface area is 172 Å². The molecule has 0 saturated carbocycles. The molecule has 0 aliphatic heterocycles. The summed E-state index contributed by atoms with van der Waals surface area (Å²) < 4.78 is 5.07. The van der Waals surface area contributed by atoms with E-state index in [0.717, 1.165) is 30.5 Å². The molecule has 1 aromatic heterocycles. The number of aliphatic imine (C=N–C) groups is 1. The van der Waals surface area contributed by atoms with Gasteiger partial charge in [0.25, 0.3) is 0 Å². The van der Waals surface area contributed by atoms with Gasteiger partial charge < -0.3 is 15.4 Å². The summed E-state index contributed by atoms with van der Waals surface area (Å²) >= 11 is 1.37. The molecule has 1 atom stereocenters. The number of esters is 1. The Hall–Kier alpha value is -0.900. The molecule has 0 saturated heterocycles. The summed E-state index contributed by atoms with van der Waals surface area (Å²) in [6.07, 6.45) is 1.05. The number of thiazole rings is 1. The number of ether oxygens (including phenoxy) is 1. The van der Waals surface area contributed by atoms with E-state index in [1.54, 1.807) is 6.92 Å². The number of aryl methyl sites for hydroxylation is 1. The number of carbonyl (C=O) groups excluding carboxylic acids is 1. The van der Waals surface area contributed by atoms with Crippen molar-refractivity contribution >= 4 is 47.2 Å². The Morgan fingerprint density at radius 1 is 1.32 bits per heavy atom. The second-order valence-electron chi connectivity index (χ2n) is 6.00. The van der Waals surface area contributed by atoms with Gasteiger partial charge in [0.1, 0.15) is 9.88 Å². The van der Waals surface area contributed by atoms with Crippen molar-refractivity contribution in [2.45, 2.75) is 54.0 Å². The average molecular weight is 482 g/mol. The van der Waals surface area contributed by atoms with E-state index in [1.807, 2.05) is 20.8 Å². The lowest BCUT2D eigenvalue weighted by atomic mass is 10.1. The van der Waals surface area contributed by atoms with Crippen LogP contribution in [-0.2, 0) is 4.74 Å². The first-order chi connectivity index (χ1) is 11.4. The molecule has 0 radical (unpaired) electrons. The highest BCUT2D eigenvalue weighted by Gasteiger charge is 2.20. The number of halogens is 1. The molecule has 2 N–H and O–H groups in total. The van der Waals surface area contributed by atoms with E-state index in [0.29, 0.717) is 23.1 Å². The number of hydrogen-bond acceptors (Lipinski definition) is 5. The topological polar surface area (TPSA) is 75.6 Å². The smallest absolute Gasteiger partial charge is 0.350 e. The maximum absolute atomic E-state index is 11.9. The van der Waals surface area contributed by atoms with Crippen LogP contribution in [-0.4, -0.2) is 36.6 Å². The van der Waals surface area contributed by atoms with Crippen LogP contribution in [0, 0.1) is 12.8 Å². The second kappa shape index (κ2) is 12.5. The first kappa shape index (κ1) is 24.1. The monoisotopic (exact) mass is 482 g/mol. The van der Waals surface area contributed by atoms with E-state index < -0.39 is 0 Å². The first-order valence-corrected chi connectivity index (χ1v) is 9.39. The highest BCUT2D eigenvalue weighted by Crippen LogP contribution is 2.24. The molecule has 1 rings (SSSR count). The summed E-state index contributed by atoms with van der Waals surface area (Å²) in [5.41, 5.74) is 0.712. The highest BCUT2D eigenvalue weighted by molar-refractivity contribution is 14.0. The third-order valence-electron chi connectivity index (χ3n) is 3.32. The van der Waals surface area contributed by atoms with Gasteiger partial charge in [-0.05, 0) is 40.0 Å². The summed E-state index contributed by atoms with van der Waals surface area (Å²) in [5, 5.41) is 7.45. The van der Waals surface area contributed by atoms with Gasteiger partial charge in [-0.15, -0.1) is 35.3 Å². The van der Waals surface area contributed by atoms with Crippen LogP contribution in [0.2, 0.25) is 0 Å². The van der Waals surface area contributed by atoms with Gasteiger partial charge in [0.15, 0.2) is 5.96 Å². The normalized spacial score (nSPS) is 12.5. The van der Waals surface area contributed by atoms with Crippen molar-refractivity contribution in [3.05, 3.63) is 15.6 Å². The molecular weight excluding hydrogens is 451 g/mol. The fourth-order valence-corrected chi connectivity index (χ4v) is 2.97. The van der Waals surface area contributed by atoms with Crippen LogP contribution < -0.4 is 10.6 Å². The van der Waals surface area contributed by atoms with E-state index in [9.17, 15) is 4.79 Å². The van der Waals surface area contributed by atoms with Crippen molar-refractivity contribution in [3.63, 3.8) is 0 Å². The minimum absolute atomic E-state index is 0. The molecule has 144 valence electrons. The van der Waals surface area contributed by atoms with Gasteiger partial charge in [-0.2, -0.15) is 0 Å². The molecule has 25 heavy (non-hydrogen) atoms. The number of aromatic nitrogens is 1. The largest absolute Gasteiger partial charge is 0.462 e. The summed E-state index contributed by atoms with van der Waals surface area (Å²) in [5.74, 6) is 1.10. The lowest BCUT2D eigenvalue weighted by Gasteiger charge is -2.16. The van der Waals surface area contributed by atoms with Gasteiger partial charge in [-0.3, -0.25) is 4.99 Å². The van der Waals surface area contributed by atoms with E-state index in [2.05, 4.69) is 34.5 Å². The number of rotatable bonds is 8. The first-order valence-electron chi connectivity index (χ1n) is 8.58. The fourth-order valence-electron chi connectivity index (χ4n) is 2.01. The maximum Gasteiger partial charge on any atom is 0.350 e. The van der Waals surface area contributed by atoms with E-state index in [1.165, 1.54) is 11.3 Å². The molecule has 6 nitrogen and oxygen atoms in total. The molecule has 8 heteroatoms. The van der Waals surface area contributed by atoms with Gasteiger partial charge in [-0.25, -0.2) is 9.78 Å². The summed E-state index contributed by atoms with van der Waals surface area (Å²) in [7, 11) is 0. The van der Waals surface area contributed by atoms with Crippen molar-refractivity contribution < 1.29 is 9.53 Å². The Balaban J connectivity index is 0.00000576. The van der Waals surface area contributed by atoms with E-state index in [4.69, 9.17) is 4.74 Å². The minimum atomic E-state index is -0.302. The lowest BCUT2D eigenvalue weighted by Crippen LogP contribution is -2.38. The Bertz CT molecular complexity index is 561. The van der Waals surface area contributed by atoms with Gasteiger partial charge in [0.2, 0.25) is 0 Å². The van der Waals surface area contributed by atoms with Crippen molar-refractivity contribution in [1.82, 2.24) is 15.6 Å². The molecule has 0 aromatic carbocycles. The molecule has 1 aromatic rings. The number of nitrogens with one attached hydrogen (secondary N) is 2. The predicted molar refractivity (Wildman–Crippen MR) is 115 cm³/mol. The van der Waals surface area contributed by atoms with Crippen LogP contribution in [0.25, 0.3) is 0 Å². The van der Waals surface area contributed by atoms with Crippen LogP contribution in [0.1, 0.15) is 67.5 Å². The Kier molecular flexibility index (Phi) is 12.0. The number of nitrogens with zero attached hydrogens (tertiary/aromatic N) is 2. The molecule has 0 spiro atoms. The van der Waals surface area contributed by atoms with Crippen LogP contribution in [0.3, 0.4) is 0 Å². The van der Waals surface area contributed by atoms with Crippen molar-refractivity contribution in [3.8, 4) is 0 Å². The summed E-state index contributed by atoms with van der Waals surface area (Å²) in [6.45, 7) is 14.0. The second-order valence-corrected chi connectivity index (χ2v) is 7.03. The Morgan fingerprint density at radius 2 is 2.00 bits per heavy atom. The summed E-state index contributed by atoms with van der Waals surface area (Å²) in [6, 6.07) is -0.0336. The van der Waals surface area contributed by atoms with Gasteiger partial charge in [-0.1, -0.05) is 13.8 Å². The van der Waals surface area contributed by atoms with Crippen molar-refractivity contribution in [2.75, 3.05) is 19.7 Å². The van der Waals surface area contributed by atoms with E-state index in [-0.39, 0.29) is 36.0 Å². The fraction of sp³-hybridized carbons (Fsp3) is 0.706. The third-order valence-corrected chi connectivity index (χ3v) is 4.64. The molecule has 1 heterocycles. The molecule has 1 unspecified atom stereocenters. The number of guanidine groups is 1. The summed E-state index contributed by atoms with van der Waals surface area (Å²) in [4.78, 5) is 21.6. The highest BCUT2D eigenvalue weighted by atomic mass is 127. The van der Waals surface area contributed by atoms with Crippen LogP contribution in [0.5, 0.6) is 0 Å². The van der Waals surface area contributed by atoms with Gasteiger partial charge in [0.05, 0.1) is 18.3 Å². The quantitative estimate of drug-likeness (QED) is 0.254. The third kappa shape index (κ3) is 8.35. The molecule has 0 aliphatic rings. The maximum atomic E-state index is 11.9. The average Bonchev–Trinajstić information content (AvgIpc) is 2.89. The molecule has 0 fully saturated rings. The molecule has 0 amide bonds. The number of carbonyl (C=O) groups is 1.